The number of rotatable bonds is 52. The van der Waals surface area contributed by atoms with Crippen LogP contribution in [0, 0.1) is 0 Å². The van der Waals surface area contributed by atoms with Gasteiger partial charge in [0.2, 0.25) is 0 Å². The first kappa shape index (κ1) is 74.1. The van der Waals surface area contributed by atoms with Crippen LogP contribution in [0.5, 0.6) is 0 Å². The van der Waals surface area contributed by atoms with Crippen LogP contribution in [0.4, 0.5) is 0 Å². The smallest absolute Gasteiger partial charge is 0.335 e. The van der Waals surface area contributed by atoms with E-state index in [2.05, 4.69) is 142 Å². The van der Waals surface area contributed by atoms with E-state index in [0.29, 0.717) is 19.3 Å². The number of hydrogen-bond acceptors (Lipinski definition) is 11. The quantitative estimate of drug-likeness (QED) is 0.0228. The Balaban J connectivity index is 2.72. The second-order valence-corrected chi connectivity index (χ2v) is 20.9. The van der Waals surface area contributed by atoms with Gasteiger partial charge in [0.1, 0.15) is 18.8 Å². The molecule has 0 spiro atoms. The molecule has 458 valence electrons. The second kappa shape index (κ2) is 55.6. The van der Waals surface area contributed by atoms with E-state index >= 15 is 0 Å². The molecule has 0 radical (unpaired) electrons. The molecule has 1 rings (SSSR count). The van der Waals surface area contributed by atoms with Crippen molar-refractivity contribution in [3.8, 4) is 0 Å². The van der Waals surface area contributed by atoms with E-state index in [1.54, 1.807) is 0 Å². The van der Waals surface area contributed by atoms with E-state index in [1.165, 1.54) is 19.3 Å². The fourth-order valence-corrected chi connectivity index (χ4v) is 8.73. The summed E-state index contributed by atoms with van der Waals surface area (Å²) in [6, 6.07) is 0. The molecule has 1 saturated heterocycles. The van der Waals surface area contributed by atoms with Gasteiger partial charge in [-0.05, 0) is 128 Å². The molecule has 1 fully saturated rings. The molecule has 0 saturated carbocycles. The molecule has 81 heavy (non-hydrogen) atoms. The minimum atomic E-state index is -1.92. The predicted octanol–water partition coefficient (Wildman–Crippen LogP) is 16.8. The Morgan fingerprint density at radius 3 is 1.20 bits per heavy atom. The summed E-state index contributed by atoms with van der Waals surface area (Å²) in [6.07, 6.45) is 64.4. The van der Waals surface area contributed by atoms with Crippen molar-refractivity contribution in [2.24, 2.45) is 0 Å². The molecule has 6 unspecified atom stereocenters. The van der Waals surface area contributed by atoms with Crippen LogP contribution in [0.1, 0.15) is 239 Å². The van der Waals surface area contributed by atoms with Crippen molar-refractivity contribution in [3.05, 3.63) is 122 Å². The monoisotopic (exact) mass is 1130 g/mol. The maximum atomic E-state index is 13.2. The van der Waals surface area contributed by atoms with Gasteiger partial charge in [-0.15, -0.1) is 0 Å². The van der Waals surface area contributed by atoms with E-state index in [9.17, 15) is 34.5 Å². The van der Waals surface area contributed by atoms with E-state index in [1.807, 2.05) is 0 Å². The Kier molecular flexibility index (Phi) is 50.9. The standard InChI is InChI=1S/C69H110O12/c1-4-7-10-13-16-19-22-25-28-30-31-33-35-37-40-43-46-49-52-55-61(70)77-58-60(79-62(71)56-53-50-47-44-41-39-36-32-29-26-23-20-17-14-11-8-5-2)59-78-69-67(65(74)64(73)66(81-69)68(75)76)80-63(72)57-54-51-48-45-42-38-34-27-24-21-18-15-12-9-6-3/h7-8,10-11,16-21,25-29,31,33-34,37,40,60,64-67,69,73-74H,4-6,9,12-15,22-24,30,32,35-36,38-39,41-59H2,1-3H3,(H,75,76)/b10-7-,11-8-,19-16-,20-17-,21-18-,28-25-,29-26-,33-31-,34-27-,40-37-. The number of carboxylic acids is 1. The van der Waals surface area contributed by atoms with Gasteiger partial charge in [0, 0.05) is 19.3 Å². The van der Waals surface area contributed by atoms with Crippen LogP contribution in [-0.2, 0) is 42.9 Å². The normalized spacial score (nSPS) is 18.6. The van der Waals surface area contributed by atoms with E-state index in [0.717, 1.165) is 161 Å². The van der Waals surface area contributed by atoms with Gasteiger partial charge in [-0.2, -0.15) is 0 Å². The third-order valence-corrected chi connectivity index (χ3v) is 13.5. The van der Waals surface area contributed by atoms with E-state index in [4.69, 9.17) is 23.7 Å². The minimum absolute atomic E-state index is 0.0339. The molecule has 1 aliphatic rings. The van der Waals surface area contributed by atoms with Crippen molar-refractivity contribution in [1.82, 2.24) is 0 Å². The first-order valence-electron chi connectivity index (χ1n) is 31.5. The van der Waals surface area contributed by atoms with Gasteiger partial charge in [-0.1, -0.05) is 213 Å². The molecule has 6 atom stereocenters. The lowest BCUT2D eigenvalue weighted by atomic mass is 9.98. The molecular formula is C69H110O12. The highest BCUT2D eigenvalue weighted by atomic mass is 16.7. The SMILES string of the molecule is CC/C=C\C/C=C\C/C=C\C/C=C\C/C=C\CCCCCC(=O)OCC(COC1OC(C(=O)O)C(O)C(O)C1OC(=O)CCCCCCC/C=C\C/C=C\CCCCC)OC(=O)CCCCCCCCC/C=C\C/C=C\C/C=C\CC. The third kappa shape index (κ3) is 45.3. The lowest BCUT2D eigenvalue weighted by molar-refractivity contribution is -0.301. The molecule has 12 nitrogen and oxygen atoms in total. The van der Waals surface area contributed by atoms with Crippen LogP contribution < -0.4 is 0 Å². The number of carbonyl (C=O) groups excluding carboxylic acids is 3. The largest absolute Gasteiger partial charge is 0.479 e. The molecule has 0 amide bonds. The Bertz CT molecular complexity index is 1870. The predicted molar refractivity (Wildman–Crippen MR) is 330 cm³/mol. The molecule has 1 heterocycles. The van der Waals surface area contributed by atoms with Crippen molar-refractivity contribution < 1.29 is 58.2 Å². The summed E-state index contributed by atoms with van der Waals surface area (Å²) < 4.78 is 28.5. The summed E-state index contributed by atoms with van der Waals surface area (Å²) in [6.45, 7) is 5.70. The summed E-state index contributed by atoms with van der Waals surface area (Å²) in [5.74, 6) is -3.21. The molecule has 0 aliphatic carbocycles. The van der Waals surface area contributed by atoms with E-state index in [-0.39, 0.29) is 25.9 Å². The maximum Gasteiger partial charge on any atom is 0.335 e. The average molecular weight is 1130 g/mol. The summed E-state index contributed by atoms with van der Waals surface area (Å²) in [7, 11) is 0. The number of carboxylic acid groups (broad SMARTS) is 1. The van der Waals surface area contributed by atoms with E-state index < -0.39 is 67.3 Å². The molecule has 0 aromatic carbocycles. The Labute approximate surface area is 490 Å². The number of carbonyl (C=O) groups is 4. The lowest BCUT2D eigenvalue weighted by Crippen LogP contribution is -2.61. The van der Waals surface area contributed by atoms with Gasteiger partial charge in [0.15, 0.2) is 24.6 Å². The summed E-state index contributed by atoms with van der Waals surface area (Å²) in [4.78, 5) is 51.3. The molecule has 0 aromatic heterocycles. The van der Waals surface area contributed by atoms with Crippen LogP contribution in [0.15, 0.2) is 122 Å². The summed E-state index contributed by atoms with van der Waals surface area (Å²) >= 11 is 0. The zero-order valence-corrected chi connectivity index (χ0v) is 50.5. The van der Waals surface area contributed by atoms with Gasteiger partial charge in [0.25, 0.3) is 0 Å². The first-order chi connectivity index (χ1) is 39.6. The van der Waals surface area contributed by atoms with Crippen LogP contribution >= 0.6 is 0 Å². The highest BCUT2D eigenvalue weighted by molar-refractivity contribution is 5.74. The molecule has 1 aliphatic heterocycles. The van der Waals surface area contributed by atoms with Crippen LogP contribution in [0.2, 0.25) is 0 Å². The molecule has 0 bridgehead atoms. The number of aliphatic carboxylic acids is 1. The van der Waals surface area contributed by atoms with Crippen LogP contribution in [-0.4, -0.2) is 89.2 Å². The minimum Gasteiger partial charge on any atom is -0.479 e. The molecule has 3 N–H and O–H groups in total. The van der Waals surface area contributed by atoms with Gasteiger partial charge in [-0.25, -0.2) is 4.79 Å². The van der Waals surface area contributed by atoms with Crippen molar-refractivity contribution in [1.29, 1.82) is 0 Å². The summed E-state index contributed by atoms with van der Waals surface area (Å²) in [5, 5.41) is 31.6. The van der Waals surface area contributed by atoms with Crippen LogP contribution in [0.3, 0.4) is 0 Å². The van der Waals surface area contributed by atoms with Gasteiger partial charge in [0.05, 0.1) is 6.61 Å². The Hall–Kier alpha value is -4.88. The Morgan fingerprint density at radius 1 is 0.420 bits per heavy atom. The number of esters is 3. The van der Waals surface area contributed by atoms with Crippen molar-refractivity contribution in [3.63, 3.8) is 0 Å². The highest BCUT2D eigenvalue weighted by Gasteiger charge is 2.50. The number of aliphatic hydroxyl groups is 2. The Morgan fingerprint density at radius 2 is 0.778 bits per heavy atom. The van der Waals surface area contributed by atoms with Crippen molar-refractivity contribution in [2.75, 3.05) is 13.2 Å². The van der Waals surface area contributed by atoms with Gasteiger partial charge >= 0.3 is 23.9 Å². The number of ether oxygens (including phenoxy) is 5. The summed E-state index contributed by atoms with van der Waals surface area (Å²) in [5.41, 5.74) is 0. The second-order valence-electron chi connectivity index (χ2n) is 20.9. The number of hydrogen-bond donors (Lipinski definition) is 3. The van der Waals surface area contributed by atoms with Crippen LogP contribution in [0.25, 0.3) is 0 Å². The third-order valence-electron chi connectivity index (χ3n) is 13.5. The molecular weight excluding hydrogens is 1020 g/mol. The number of allylic oxidation sites excluding steroid dienone is 20. The highest BCUT2D eigenvalue weighted by Crippen LogP contribution is 2.26. The number of unbranched alkanes of at least 4 members (excludes halogenated alkanes) is 18. The first-order valence-corrected chi connectivity index (χ1v) is 31.5. The van der Waals surface area contributed by atoms with Crippen molar-refractivity contribution in [2.45, 2.75) is 276 Å². The van der Waals surface area contributed by atoms with Gasteiger partial charge < -0.3 is 39.0 Å². The topological polar surface area (TPSA) is 175 Å². The molecule has 0 aromatic rings. The van der Waals surface area contributed by atoms with Gasteiger partial charge in [-0.3, -0.25) is 14.4 Å². The fraction of sp³-hybridized carbons (Fsp3) is 0.652. The zero-order chi connectivity index (χ0) is 58.9. The molecule has 12 heteroatoms. The zero-order valence-electron chi connectivity index (χ0n) is 50.5. The number of aliphatic hydroxyl groups excluding tert-OH is 2. The lowest BCUT2D eigenvalue weighted by Gasteiger charge is -2.40. The average Bonchev–Trinajstić information content (AvgIpc) is 3.53. The maximum absolute atomic E-state index is 13.2. The van der Waals surface area contributed by atoms with Crippen molar-refractivity contribution >= 4 is 23.9 Å². The fourth-order valence-electron chi connectivity index (χ4n) is 8.73.